The second-order valence-electron chi connectivity index (χ2n) is 3.92. The van der Waals surface area contributed by atoms with Crippen LogP contribution in [0.4, 0.5) is 0 Å². The van der Waals surface area contributed by atoms with Crippen LogP contribution in [0.1, 0.15) is 0 Å². The monoisotopic (exact) mass is 246 g/mol. The van der Waals surface area contributed by atoms with Crippen LogP contribution in [0.3, 0.4) is 0 Å². The van der Waals surface area contributed by atoms with Crippen molar-refractivity contribution in [3.63, 3.8) is 0 Å². The largest absolute Gasteiger partial charge is 0.508 e. The maximum absolute atomic E-state index is 9.41. The highest BCUT2D eigenvalue weighted by atomic mass is 35.5. The average Bonchev–Trinajstić information content (AvgIpc) is 2.26. The molecule has 86 valence electrons. The Morgan fingerprint density at radius 1 is 0.529 bits per heavy atom. The number of halogens is 1. The van der Waals surface area contributed by atoms with E-state index >= 15 is 0 Å². The van der Waals surface area contributed by atoms with Crippen LogP contribution in [0, 0.1) is 0 Å². The fourth-order valence-electron chi connectivity index (χ4n) is 1.97. The fourth-order valence-corrected chi connectivity index (χ4v) is 1.97. The highest BCUT2D eigenvalue weighted by molar-refractivity contribution is 5.99. The number of hydrogen-bond donors (Lipinski definition) is 2. The number of phenols is 2. The molecule has 3 heteroatoms. The molecule has 17 heavy (non-hydrogen) atoms. The molecular weight excluding hydrogens is 236 g/mol. The Hall–Kier alpha value is -1.93. The van der Waals surface area contributed by atoms with Crippen molar-refractivity contribution in [1.29, 1.82) is 0 Å². The first kappa shape index (κ1) is 11.6. The van der Waals surface area contributed by atoms with Crippen molar-refractivity contribution in [2.75, 3.05) is 0 Å². The van der Waals surface area contributed by atoms with Gasteiger partial charge in [0.15, 0.2) is 0 Å². The van der Waals surface area contributed by atoms with Crippen molar-refractivity contribution in [2.24, 2.45) is 0 Å². The van der Waals surface area contributed by atoms with Crippen LogP contribution in [0.15, 0.2) is 48.5 Å². The zero-order valence-corrected chi connectivity index (χ0v) is 9.74. The lowest BCUT2D eigenvalue weighted by Crippen LogP contribution is -1.76. The van der Waals surface area contributed by atoms with Crippen molar-refractivity contribution in [3.05, 3.63) is 48.5 Å². The zero-order chi connectivity index (χ0) is 11.1. The van der Waals surface area contributed by atoms with E-state index in [4.69, 9.17) is 0 Å². The van der Waals surface area contributed by atoms with E-state index in [9.17, 15) is 10.2 Å². The van der Waals surface area contributed by atoms with Gasteiger partial charge in [0.1, 0.15) is 11.5 Å². The summed E-state index contributed by atoms with van der Waals surface area (Å²) in [6.45, 7) is 0. The molecule has 2 nitrogen and oxygen atoms in total. The number of aromatic hydroxyl groups is 2. The smallest absolute Gasteiger partial charge is 0.116 e. The van der Waals surface area contributed by atoms with Gasteiger partial charge in [-0.3, -0.25) is 0 Å². The molecule has 0 unspecified atom stereocenters. The maximum atomic E-state index is 9.41. The summed E-state index contributed by atoms with van der Waals surface area (Å²) in [5, 5.41) is 22.9. The molecule has 0 bridgehead atoms. The van der Waals surface area contributed by atoms with Crippen LogP contribution in [0.5, 0.6) is 11.5 Å². The molecule has 3 aromatic rings. The van der Waals surface area contributed by atoms with Gasteiger partial charge < -0.3 is 10.2 Å². The summed E-state index contributed by atoms with van der Waals surface area (Å²) < 4.78 is 0. The van der Waals surface area contributed by atoms with Gasteiger partial charge in [-0.15, -0.1) is 12.4 Å². The van der Waals surface area contributed by atoms with Crippen LogP contribution in [-0.4, -0.2) is 10.2 Å². The van der Waals surface area contributed by atoms with Crippen LogP contribution in [0.25, 0.3) is 21.5 Å². The number of benzene rings is 3. The van der Waals surface area contributed by atoms with Gasteiger partial charge in [-0.25, -0.2) is 0 Å². The Labute approximate surface area is 105 Å². The zero-order valence-electron chi connectivity index (χ0n) is 8.92. The first-order chi connectivity index (χ1) is 7.72. The molecule has 0 aliphatic carbocycles. The summed E-state index contributed by atoms with van der Waals surface area (Å²) in [4.78, 5) is 0. The second-order valence-corrected chi connectivity index (χ2v) is 3.92. The summed E-state index contributed by atoms with van der Waals surface area (Å²) in [7, 11) is 0. The molecule has 0 amide bonds. The Balaban J connectivity index is 0.00000108. The van der Waals surface area contributed by atoms with Crippen molar-refractivity contribution >= 4 is 34.0 Å². The summed E-state index contributed by atoms with van der Waals surface area (Å²) in [5.41, 5.74) is 0. The molecule has 0 aliphatic heterocycles. The minimum absolute atomic E-state index is 0. The van der Waals surface area contributed by atoms with Crippen LogP contribution in [-0.2, 0) is 0 Å². The molecule has 0 fully saturated rings. The average molecular weight is 247 g/mol. The molecule has 0 aliphatic rings. The third kappa shape index (κ3) is 1.99. The van der Waals surface area contributed by atoms with E-state index in [-0.39, 0.29) is 23.9 Å². The van der Waals surface area contributed by atoms with Gasteiger partial charge >= 0.3 is 0 Å². The molecule has 0 radical (unpaired) electrons. The lowest BCUT2D eigenvalue weighted by Gasteiger charge is -2.03. The van der Waals surface area contributed by atoms with Crippen molar-refractivity contribution < 1.29 is 10.2 Å². The van der Waals surface area contributed by atoms with E-state index in [2.05, 4.69) is 0 Å². The van der Waals surface area contributed by atoms with Gasteiger partial charge in [-0.1, -0.05) is 12.1 Å². The van der Waals surface area contributed by atoms with Crippen LogP contribution >= 0.6 is 12.4 Å². The SMILES string of the molecule is Cl.Oc1ccc2cc3cc(O)ccc3cc2c1. The third-order valence-corrected chi connectivity index (χ3v) is 2.76. The van der Waals surface area contributed by atoms with Crippen LogP contribution < -0.4 is 0 Å². The Morgan fingerprint density at radius 3 is 1.35 bits per heavy atom. The topological polar surface area (TPSA) is 40.5 Å². The molecular formula is C14H11ClO2. The lowest BCUT2D eigenvalue weighted by molar-refractivity contribution is 0.475. The van der Waals surface area contributed by atoms with Gasteiger partial charge in [-0.2, -0.15) is 0 Å². The van der Waals surface area contributed by atoms with E-state index in [1.54, 1.807) is 24.3 Å². The van der Waals surface area contributed by atoms with E-state index in [0.717, 1.165) is 21.5 Å². The van der Waals surface area contributed by atoms with Crippen molar-refractivity contribution in [1.82, 2.24) is 0 Å². The van der Waals surface area contributed by atoms with Gasteiger partial charge in [0.25, 0.3) is 0 Å². The molecule has 0 atom stereocenters. The normalized spacial score (nSPS) is 10.4. The van der Waals surface area contributed by atoms with Gasteiger partial charge in [0.2, 0.25) is 0 Å². The predicted molar refractivity (Wildman–Crippen MR) is 72.0 cm³/mol. The van der Waals surface area contributed by atoms with Gasteiger partial charge in [-0.05, 0) is 57.9 Å². The van der Waals surface area contributed by atoms with E-state index in [0.29, 0.717) is 0 Å². The molecule has 0 saturated carbocycles. The Kier molecular flexibility index (Phi) is 2.82. The molecule has 0 spiro atoms. The number of hydrogen-bond acceptors (Lipinski definition) is 2. The summed E-state index contributed by atoms with van der Waals surface area (Å²) >= 11 is 0. The standard InChI is InChI=1S/C14H10O2.ClH/c15-13-3-1-9-5-12-8-14(16)4-2-10(12)6-11(9)7-13;/h1-8,15-16H;1H. The molecule has 0 saturated heterocycles. The fraction of sp³-hybridized carbons (Fsp3) is 0. The highest BCUT2D eigenvalue weighted by Crippen LogP contribution is 2.27. The molecule has 3 aromatic carbocycles. The molecule has 0 aromatic heterocycles. The predicted octanol–water partition coefficient (Wildman–Crippen LogP) is 3.83. The van der Waals surface area contributed by atoms with Gasteiger partial charge in [0, 0.05) is 0 Å². The first-order valence-electron chi connectivity index (χ1n) is 5.08. The lowest BCUT2D eigenvalue weighted by atomic mass is 10.0. The molecule has 2 N–H and O–H groups in total. The van der Waals surface area contributed by atoms with Crippen molar-refractivity contribution in [3.8, 4) is 11.5 Å². The summed E-state index contributed by atoms with van der Waals surface area (Å²) in [5.74, 6) is 0.538. The number of phenolic OH excluding ortho intramolecular Hbond substituents is 2. The quantitative estimate of drug-likeness (QED) is 0.592. The number of fused-ring (bicyclic) bond motifs is 2. The van der Waals surface area contributed by atoms with Crippen LogP contribution in [0.2, 0.25) is 0 Å². The number of rotatable bonds is 0. The van der Waals surface area contributed by atoms with E-state index in [1.165, 1.54) is 0 Å². The minimum atomic E-state index is 0. The third-order valence-electron chi connectivity index (χ3n) is 2.76. The molecule has 3 rings (SSSR count). The van der Waals surface area contributed by atoms with Gasteiger partial charge in [0.05, 0.1) is 0 Å². The van der Waals surface area contributed by atoms with E-state index < -0.39 is 0 Å². The van der Waals surface area contributed by atoms with Crippen molar-refractivity contribution in [2.45, 2.75) is 0 Å². The Morgan fingerprint density at radius 2 is 0.941 bits per heavy atom. The summed E-state index contributed by atoms with van der Waals surface area (Å²) in [6, 6.07) is 14.5. The Bertz CT molecular complexity index is 631. The minimum Gasteiger partial charge on any atom is -0.508 e. The maximum Gasteiger partial charge on any atom is 0.116 e. The highest BCUT2D eigenvalue weighted by Gasteiger charge is 2.00. The summed E-state index contributed by atoms with van der Waals surface area (Å²) in [6.07, 6.45) is 0. The second kappa shape index (κ2) is 4.15. The molecule has 0 heterocycles. The van der Waals surface area contributed by atoms with E-state index in [1.807, 2.05) is 24.3 Å². The first-order valence-corrected chi connectivity index (χ1v) is 5.08.